The van der Waals surface area contributed by atoms with Gasteiger partial charge in [-0.2, -0.15) is 5.10 Å². The van der Waals surface area contributed by atoms with Gasteiger partial charge in [-0.15, -0.1) is 0 Å². The number of amides is 1. The maximum Gasteiger partial charge on any atom is 0.272 e. The van der Waals surface area contributed by atoms with Crippen molar-refractivity contribution in [3.05, 3.63) is 17.5 Å². The first kappa shape index (κ1) is 11.8. The molecule has 1 amide bonds. The highest BCUT2D eigenvalue weighted by molar-refractivity contribution is 5.92. The average molecular weight is 209 g/mol. The van der Waals surface area contributed by atoms with Crippen LogP contribution in [0.15, 0.2) is 6.07 Å². The molecule has 0 fully saturated rings. The van der Waals surface area contributed by atoms with E-state index in [0.717, 1.165) is 12.2 Å². The Labute approximate surface area is 90.7 Å². The number of nitrogens with zero attached hydrogens (tertiary/aromatic N) is 2. The fourth-order valence-electron chi connectivity index (χ4n) is 1.35. The van der Waals surface area contributed by atoms with Gasteiger partial charge in [0.25, 0.3) is 5.91 Å². The molecule has 0 aliphatic rings. The summed E-state index contributed by atoms with van der Waals surface area (Å²) in [6.07, 6.45) is 0. The topological polar surface area (TPSA) is 46.9 Å². The van der Waals surface area contributed by atoms with Crippen molar-refractivity contribution in [3.63, 3.8) is 0 Å². The maximum atomic E-state index is 11.8. The highest BCUT2D eigenvalue weighted by Gasteiger charge is 2.17. The Kier molecular flexibility index (Phi) is 3.17. The van der Waals surface area contributed by atoms with E-state index in [1.807, 2.05) is 45.4 Å². The highest BCUT2D eigenvalue weighted by Crippen LogP contribution is 2.06. The molecule has 1 N–H and O–H groups in total. The number of carbonyl (C=O) groups excluding carboxylic acids is 1. The van der Waals surface area contributed by atoms with Gasteiger partial charge < -0.3 is 5.32 Å². The number of aromatic nitrogens is 2. The number of carbonyl (C=O) groups is 1. The zero-order chi connectivity index (χ0) is 11.6. The molecule has 0 atom stereocenters. The van der Waals surface area contributed by atoms with E-state index in [1.165, 1.54) is 0 Å². The lowest BCUT2D eigenvalue weighted by molar-refractivity contribution is 0.0913. The SMILES string of the molecule is CCn1nc(C(=O)NC(C)(C)C)cc1C. The van der Waals surface area contributed by atoms with E-state index in [9.17, 15) is 4.79 Å². The average Bonchev–Trinajstić information content (AvgIpc) is 2.43. The molecule has 15 heavy (non-hydrogen) atoms. The normalized spacial score (nSPS) is 11.5. The van der Waals surface area contributed by atoms with Crippen molar-refractivity contribution in [2.24, 2.45) is 0 Å². The second-order valence-electron chi connectivity index (χ2n) is 4.69. The molecule has 0 saturated carbocycles. The van der Waals surface area contributed by atoms with E-state index in [-0.39, 0.29) is 11.4 Å². The van der Waals surface area contributed by atoms with E-state index in [4.69, 9.17) is 0 Å². The van der Waals surface area contributed by atoms with Crippen LogP contribution >= 0.6 is 0 Å². The first-order chi connectivity index (χ1) is 6.83. The van der Waals surface area contributed by atoms with Gasteiger partial charge in [0, 0.05) is 17.8 Å². The first-order valence-electron chi connectivity index (χ1n) is 5.20. The first-order valence-corrected chi connectivity index (χ1v) is 5.20. The minimum absolute atomic E-state index is 0.113. The van der Waals surface area contributed by atoms with Crippen LogP contribution in [-0.4, -0.2) is 21.2 Å². The Morgan fingerprint density at radius 1 is 1.53 bits per heavy atom. The molecule has 1 rings (SSSR count). The fraction of sp³-hybridized carbons (Fsp3) is 0.636. The molecule has 84 valence electrons. The van der Waals surface area contributed by atoms with Crippen LogP contribution in [0.2, 0.25) is 0 Å². The van der Waals surface area contributed by atoms with Crippen LogP contribution in [-0.2, 0) is 6.54 Å². The highest BCUT2D eigenvalue weighted by atomic mass is 16.2. The molecule has 0 spiro atoms. The molecule has 0 unspecified atom stereocenters. The molecular formula is C11H19N3O. The van der Waals surface area contributed by atoms with Crippen LogP contribution in [0.25, 0.3) is 0 Å². The van der Waals surface area contributed by atoms with Crippen molar-refractivity contribution in [2.75, 3.05) is 0 Å². The Hall–Kier alpha value is -1.32. The summed E-state index contributed by atoms with van der Waals surface area (Å²) in [5.74, 6) is -0.113. The summed E-state index contributed by atoms with van der Waals surface area (Å²) in [6.45, 7) is 10.6. The predicted molar refractivity (Wildman–Crippen MR) is 59.9 cm³/mol. The summed E-state index contributed by atoms with van der Waals surface area (Å²) in [4.78, 5) is 11.8. The Balaban J connectivity index is 2.83. The monoisotopic (exact) mass is 209 g/mol. The van der Waals surface area contributed by atoms with E-state index >= 15 is 0 Å². The number of hydrogen-bond acceptors (Lipinski definition) is 2. The third-order valence-electron chi connectivity index (χ3n) is 2.00. The van der Waals surface area contributed by atoms with Crippen LogP contribution in [0, 0.1) is 6.92 Å². The molecule has 0 aromatic carbocycles. The summed E-state index contributed by atoms with van der Waals surface area (Å²) in [7, 11) is 0. The number of hydrogen-bond donors (Lipinski definition) is 1. The van der Waals surface area contributed by atoms with E-state index in [2.05, 4.69) is 10.4 Å². The van der Waals surface area contributed by atoms with Crippen molar-refractivity contribution >= 4 is 5.91 Å². The fourth-order valence-corrected chi connectivity index (χ4v) is 1.35. The summed E-state index contributed by atoms with van der Waals surface area (Å²) in [5.41, 5.74) is 1.28. The van der Waals surface area contributed by atoms with E-state index < -0.39 is 0 Å². The molecular weight excluding hydrogens is 190 g/mol. The van der Waals surface area contributed by atoms with Crippen molar-refractivity contribution in [1.29, 1.82) is 0 Å². The van der Waals surface area contributed by atoms with Gasteiger partial charge in [0.15, 0.2) is 0 Å². The van der Waals surface area contributed by atoms with Gasteiger partial charge in [-0.25, -0.2) is 0 Å². The quantitative estimate of drug-likeness (QED) is 0.806. The standard InChI is InChI=1S/C11H19N3O/c1-6-14-8(2)7-9(13-14)10(15)12-11(3,4)5/h7H,6H2,1-5H3,(H,12,15). The number of rotatable bonds is 2. The van der Waals surface area contributed by atoms with Gasteiger partial charge in [-0.05, 0) is 40.7 Å². The lowest BCUT2D eigenvalue weighted by Crippen LogP contribution is -2.40. The molecule has 0 aliphatic heterocycles. The van der Waals surface area contributed by atoms with E-state index in [1.54, 1.807) is 0 Å². The van der Waals surface area contributed by atoms with Crippen LogP contribution in [0.1, 0.15) is 43.9 Å². The Morgan fingerprint density at radius 2 is 2.13 bits per heavy atom. The molecule has 0 aliphatic carbocycles. The Bertz CT molecular complexity index is 360. The van der Waals surface area contributed by atoms with Crippen molar-refractivity contribution < 1.29 is 4.79 Å². The smallest absolute Gasteiger partial charge is 0.272 e. The second-order valence-corrected chi connectivity index (χ2v) is 4.69. The van der Waals surface area contributed by atoms with Crippen molar-refractivity contribution in [2.45, 2.75) is 46.7 Å². The van der Waals surface area contributed by atoms with Gasteiger partial charge in [0.1, 0.15) is 5.69 Å². The molecule has 1 heterocycles. The predicted octanol–water partition coefficient (Wildman–Crippen LogP) is 1.74. The largest absolute Gasteiger partial charge is 0.346 e. The lowest BCUT2D eigenvalue weighted by atomic mass is 10.1. The lowest BCUT2D eigenvalue weighted by Gasteiger charge is -2.19. The number of nitrogens with one attached hydrogen (secondary N) is 1. The molecule has 0 bridgehead atoms. The van der Waals surface area contributed by atoms with E-state index in [0.29, 0.717) is 5.69 Å². The van der Waals surface area contributed by atoms with Crippen LogP contribution in [0.4, 0.5) is 0 Å². The number of aryl methyl sites for hydroxylation is 2. The third-order valence-corrected chi connectivity index (χ3v) is 2.00. The molecule has 0 saturated heterocycles. The van der Waals surface area contributed by atoms with Crippen molar-refractivity contribution in [1.82, 2.24) is 15.1 Å². The zero-order valence-electron chi connectivity index (χ0n) is 10.1. The Morgan fingerprint density at radius 3 is 2.53 bits per heavy atom. The van der Waals surface area contributed by atoms with Gasteiger partial charge in [0.2, 0.25) is 0 Å². The second kappa shape index (κ2) is 4.04. The molecule has 1 aromatic rings. The minimum Gasteiger partial charge on any atom is -0.346 e. The van der Waals surface area contributed by atoms with Crippen LogP contribution in [0.3, 0.4) is 0 Å². The third kappa shape index (κ3) is 3.08. The van der Waals surface area contributed by atoms with Gasteiger partial charge in [-0.1, -0.05) is 0 Å². The zero-order valence-corrected chi connectivity index (χ0v) is 10.1. The molecule has 1 aromatic heterocycles. The summed E-state index contributed by atoms with van der Waals surface area (Å²) < 4.78 is 1.82. The van der Waals surface area contributed by atoms with Crippen LogP contribution in [0.5, 0.6) is 0 Å². The van der Waals surface area contributed by atoms with Crippen LogP contribution < -0.4 is 5.32 Å². The summed E-state index contributed by atoms with van der Waals surface area (Å²) in [6, 6.07) is 1.81. The maximum absolute atomic E-state index is 11.8. The van der Waals surface area contributed by atoms with Gasteiger partial charge in [0.05, 0.1) is 0 Å². The summed E-state index contributed by atoms with van der Waals surface area (Å²) >= 11 is 0. The minimum atomic E-state index is -0.221. The molecule has 4 nitrogen and oxygen atoms in total. The van der Waals surface area contributed by atoms with Gasteiger partial charge in [-0.3, -0.25) is 9.48 Å². The van der Waals surface area contributed by atoms with Gasteiger partial charge >= 0.3 is 0 Å². The molecule has 0 radical (unpaired) electrons. The van der Waals surface area contributed by atoms with Crippen molar-refractivity contribution in [3.8, 4) is 0 Å². The summed E-state index contributed by atoms with van der Waals surface area (Å²) in [5, 5.41) is 7.10. The molecule has 4 heteroatoms.